The second-order valence-corrected chi connectivity index (χ2v) is 3.92. The highest BCUT2D eigenvalue weighted by Gasteiger charge is 2.20. The first-order valence-corrected chi connectivity index (χ1v) is 5.09. The zero-order valence-corrected chi connectivity index (χ0v) is 8.59. The molecule has 0 bridgehead atoms. The summed E-state index contributed by atoms with van der Waals surface area (Å²) in [5.41, 5.74) is 2.02. The highest BCUT2D eigenvalue weighted by Crippen LogP contribution is 2.22. The third kappa shape index (κ3) is 1.56. The molecule has 4 nitrogen and oxygen atoms in total. The summed E-state index contributed by atoms with van der Waals surface area (Å²) >= 11 is 0. The average molecular weight is 207 g/mol. The van der Waals surface area contributed by atoms with E-state index in [1.165, 1.54) is 0 Å². The minimum Gasteiger partial charge on any atom is -0.477 e. The third-order valence-electron chi connectivity index (χ3n) is 3.00. The molecule has 80 valence electrons. The summed E-state index contributed by atoms with van der Waals surface area (Å²) < 4.78 is 0. The van der Waals surface area contributed by atoms with Gasteiger partial charge in [-0.3, -0.25) is 4.79 Å². The summed E-state index contributed by atoms with van der Waals surface area (Å²) in [5, 5.41) is 8.93. The van der Waals surface area contributed by atoms with Crippen molar-refractivity contribution in [3.05, 3.63) is 32.7 Å². The number of aromatic nitrogens is 1. The van der Waals surface area contributed by atoms with E-state index in [2.05, 4.69) is 4.98 Å². The Bertz CT molecular complexity index is 473. The Morgan fingerprint density at radius 1 is 1.33 bits per heavy atom. The summed E-state index contributed by atoms with van der Waals surface area (Å²) in [4.78, 5) is 25.1. The van der Waals surface area contributed by atoms with Crippen LogP contribution in [0.4, 0.5) is 0 Å². The van der Waals surface area contributed by atoms with E-state index >= 15 is 0 Å². The fourth-order valence-electron chi connectivity index (χ4n) is 2.24. The number of hydrogen-bond acceptors (Lipinski definition) is 2. The second-order valence-electron chi connectivity index (χ2n) is 3.92. The van der Waals surface area contributed by atoms with Crippen LogP contribution in [0, 0.1) is 6.92 Å². The summed E-state index contributed by atoms with van der Waals surface area (Å²) in [6.45, 7) is 1.73. The molecule has 0 amide bonds. The van der Waals surface area contributed by atoms with Crippen LogP contribution in [0.5, 0.6) is 0 Å². The zero-order chi connectivity index (χ0) is 11.0. The number of pyridine rings is 1. The maximum atomic E-state index is 11.5. The van der Waals surface area contributed by atoms with Crippen LogP contribution in [0.1, 0.15) is 40.0 Å². The number of fused-ring (bicyclic) bond motifs is 1. The molecule has 1 aromatic rings. The number of carboxylic acid groups (broad SMARTS) is 1. The molecule has 0 saturated heterocycles. The fourth-order valence-corrected chi connectivity index (χ4v) is 2.24. The molecule has 0 spiro atoms. The van der Waals surface area contributed by atoms with Gasteiger partial charge in [0.2, 0.25) is 0 Å². The predicted molar refractivity (Wildman–Crippen MR) is 55.4 cm³/mol. The summed E-state index contributed by atoms with van der Waals surface area (Å²) in [6.07, 6.45) is 3.86. The van der Waals surface area contributed by atoms with Crippen LogP contribution in [0.2, 0.25) is 0 Å². The molecule has 0 unspecified atom stereocenters. The Balaban J connectivity index is 2.70. The van der Waals surface area contributed by atoms with Crippen LogP contribution < -0.4 is 5.56 Å². The highest BCUT2D eigenvalue weighted by molar-refractivity contribution is 5.89. The van der Waals surface area contributed by atoms with Crippen molar-refractivity contribution in [1.29, 1.82) is 0 Å². The van der Waals surface area contributed by atoms with Crippen LogP contribution in [0.25, 0.3) is 0 Å². The number of nitrogens with one attached hydrogen (secondary N) is 1. The smallest absolute Gasteiger partial charge is 0.341 e. The molecule has 1 aliphatic rings. The van der Waals surface area contributed by atoms with E-state index < -0.39 is 11.5 Å². The number of rotatable bonds is 1. The normalized spacial score (nSPS) is 14.7. The Labute approximate surface area is 87.0 Å². The van der Waals surface area contributed by atoms with Crippen molar-refractivity contribution < 1.29 is 9.90 Å². The first-order chi connectivity index (χ1) is 7.11. The van der Waals surface area contributed by atoms with E-state index in [0.29, 0.717) is 5.56 Å². The molecule has 1 aliphatic carbocycles. The van der Waals surface area contributed by atoms with Gasteiger partial charge in [0.15, 0.2) is 0 Å². The van der Waals surface area contributed by atoms with Crippen molar-refractivity contribution in [2.75, 3.05) is 0 Å². The second kappa shape index (κ2) is 3.53. The topological polar surface area (TPSA) is 70.2 Å². The molecule has 15 heavy (non-hydrogen) atoms. The molecular formula is C11H13NO3. The highest BCUT2D eigenvalue weighted by atomic mass is 16.4. The zero-order valence-electron chi connectivity index (χ0n) is 8.59. The summed E-state index contributed by atoms with van der Waals surface area (Å²) in [7, 11) is 0. The maximum Gasteiger partial charge on any atom is 0.341 e. The predicted octanol–water partition coefficient (Wildman–Crippen LogP) is 1.26. The van der Waals surface area contributed by atoms with Gasteiger partial charge in [-0.05, 0) is 43.7 Å². The van der Waals surface area contributed by atoms with E-state index in [-0.39, 0.29) is 5.56 Å². The number of aromatic amines is 1. The summed E-state index contributed by atoms with van der Waals surface area (Å²) in [5.74, 6) is -1.14. The minimum atomic E-state index is -1.14. The Morgan fingerprint density at radius 2 is 2.00 bits per heavy atom. The van der Waals surface area contributed by atoms with Gasteiger partial charge in [-0.25, -0.2) is 4.79 Å². The van der Waals surface area contributed by atoms with E-state index in [1.54, 1.807) is 6.92 Å². The molecule has 1 aromatic heterocycles. The minimum absolute atomic E-state index is 0.101. The van der Waals surface area contributed by atoms with Gasteiger partial charge < -0.3 is 10.1 Å². The van der Waals surface area contributed by atoms with Gasteiger partial charge in [-0.1, -0.05) is 0 Å². The van der Waals surface area contributed by atoms with Crippen molar-refractivity contribution in [2.24, 2.45) is 0 Å². The van der Waals surface area contributed by atoms with Gasteiger partial charge in [0.1, 0.15) is 5.56 Å². The lowest BCUT2D eigenvalue weighted by molar-refractivity contribution is 0.0694. The molecule has 1 heterocycles. The Morgan fingerprint density at radius 3 is 2.67 bits per heavy atom. The van der Waals surface area contributed by atoms with E-state index in [1.807, 2.05) is 0 Å². The molecule has 0 radical (unpaired) electrons. The van der Waals surface area contributed by atoms with Gasteiger partial charge in [-0.15, -0.1) is 0 Å². The van der Waals surface area contributed by atoms with Gasteiger partial charge in [-0.2, -0.15) is 0 Å². The first kappa shape index (κ1) is 9.96. The molecule has 0 fully saturated rings. The van der Waals surface area contributed by atoms with Crippen molar-refractivity contribution in [2.45, 2.75) is 32.6 Å². The molecular weight excluding hydrogens is 194 g/mol. The third-order valence-corrected chi connectivity index (χ3v) is 3.00. The molecule has 0 atom stereocenters. The quantitative estimate of drug-likeness (QED) is 0.728. The number of aromatic carboxylic acids is 1. The molecule has 2 rings (SSSR count). The SMILES string of the molecule is Cc1c2c([nH]c(=O)c1C(=O)O)CCCC2. The fraction of sp³-hybridized carbons (Fsp3) is 0.455. The van der Waals surface area contributed by atoms with Crippen LogP contribution >= 0.6 is 0 Å². The van der Waals surface area contributed by atoms with Crippen LogP contribution in [-0.2, 0) is 12.8 Å². The Kier molecular flexibility index (Phi) is 2.34. The number of carboxylic acids is 1. The summed E-state index contributed by atoms with van der Waals surface area (Å²) in [6, 6.07) is 0. The number of carbonyl (C=O) groups is 1. The molecule has 2 N–H and O–H groups in total. The monoisotopic (exact) mass is 207 g/mol. The van der Waals surface area contributed by atoms with E-state index in [0.717, 1.165) is 36.9 Å². The van der Waals surface area contributed by atoms with Crippen molar-refractivity contribution in [1.82, 2.24) is 4.98 Å². The lowest BCUT2D eigenvalue weighted by atomic mass is 9.91. The number of aryl methyl sites for hydroxylation is 1. The molecule has 4 heteroatoms. The molecule has 0 saturated carbocycles. The van der Waals surface area contributed by atoms with E-state index in [9.17, 15) is 9.59 Å². The van der Waals surface area contributed by atoms with Crippen LogP contribution in [0.3, 0.4) is 0 Å². The maximum absolute atomic E-state index is 11.5. The molecule has 0 aliphatic heterocycles. The van der Waals surface area contributed by atoms with Crippen molar-refractivity contribution >= 4 is 5.97 Å². The van der Waals surface area contributed by atoms with Crippen molar-refractivity contribution in [3.8, 4) is 0 Å². The standard InChI is InChI=1S/C11H13NO3/c1-6-7-4-2-3-5-8(7)12-10(13)9(6)11(14)15/h2-5H2,1H3,(H,12,13)(H,14,15). The van der Waals surface area contributed by atoms with Gasteiger partial charge in [0.25, 0.3) is 5.56 Å². The van der Waals surface area contributed by atoms with Crippen LogP contribution in [0.15, 0.2) is 4.79 Å². The number of H-pyrrole nitrogens is 1. The lowest BCUT2D eigenvalue weighted by Gasteiger charge is -2.18. The Hall–Kier alpha value is -1.58. The largest absolute Gasteiger partial charge is 0.477 e. The van der Waals surface area contributed by atoms with Gasteiger partial charge >= 0.3 is 5.97 Å². The van der Waals surface area contributed by atoms with Crippen molar-refractivity contribution in [3.63, 3.8) is 0 Å². The van der Waals surface area contributed by atoms with Gasteiger partial charge in [0, 0.05) is 5.69 Å². The van der Waals surface area contributed by atoms with E-state index in [4.69, 9.17) is 5.11 Å². The van der Waals surface area contributed by atoms with Gasteiger partial charge in [0.05, 0.1) is 0 Å². The first-order valence-electron chi connectivity index (χ1n) is 5.09. The molecule has 0 aromatic carbocycles. The van der Waals surface area contributed by atoms with Crippen LogP contribution in [-0.4, -0.2) is 16.1 Å². The lowest BCUT2D eigenvalue weighted by Crippen LogP contribution is -2.24. The number of hydrogen-bond donors (Lipinski definition) is 2. The average Bonchev–Trinajstić information content (AvgIpc) is 2.17.